The number of hydrogen-bond acceptors (Lipinski definition) is 3. The molecule has 1 aliphatic carbocycles. The van der Waals surface area contributed by atoms with Crippen LogP contribution in [-0.4, -0.2) is 29.5 Å². The molecule has 1 unspecified atom stereocenters. The quantitative estimate of drug-likeness (QED) is 0.358. The number of nitrogens with two attached hydrogens (primary N) is 1. The van der Waals surface area contributed by atoms with Crippen LogP contribution in [0.4, 0.5) is 0 Å². The monoisotopic (exact) mass is 261 g/mol. The Hall–Kier alpha value is -1.55. The molecule has 1 fully saturated rings. The van der Waals surface area contributed by atoms with Crippen molar-refractivity contribution in [2.24, 2.45) is 16.8 Å². The molecule has 4 heteroatoms. The molecule has 0 saturated heterocycles. The Morgan fingerprint density at radius 2 is 2.11 bits per heavy atom. The molecular weight excluding hydrogens is 238 g/mol. The lowest BCUT2D eigenvalue weighted by atomic mass is 9.84. The first kappa shape index (κ1) is 13.9. The molecule has 0 spiro atoms. The summed E-state index contributed by atoms with van der Waals surface area (Å²) in [5.74, 6) is 1.10. The van der Waals surface area contributed by atoms with Crippen molar-refractivity contribution in [3.63, 3.8) is 0 Å². The van der Waals surface area contributed by atoms with Gasteiger partial charge in [-0.3, -0.25) is 4.90 Å². The lowest BCUT2D eigenvalue weighted by Gasteiger charge is -2.35. The van der Waals surface area contributed by atoms with E-state index in [0.717, 1.165) is 12.5 Å². The lowest BCUT2D eigenvalue weighted by molar-refractivity contribution is 0.163. The molecule has 0 heterocycles. The molecule has 1 aromatic rings. The zero-order valence-corrected chi connectivity index (χ0v) is 11.5. The predicted octanol–water partition coefficient (Wildman–Crippen LogP) is 2.60. The first-order valence-electron chi connectivity index (χ1n) is 6.92. The van der Waals surface area contributed by atoms with Crippen molar-refractivity contribution in [3.05, 3.63) is 35.9 Å². The van der Waals surface area contributed by atoms with Crippen LogP contribution in [-0.2, 0) is 0 Å². The SMILES string of the molecule is CN(CC1CCC1)C(CC(N)=NO)c1ccccc1. The highest BCUT2D eigenvalue weighted by molar-refractivity contribution is 5.80. The molecule has 1 aliphatic rings. The fourth-order valence-electron chi connectivity index (χ4n) is 2.65. The van der Waals surface area contributed by atoms with Gasteiger partial charge in [-0.05, 0) is 31.4 Å². The average molecular weight is 261 g/mol. The maximum atomic E-state index is 8.80. The van der Waals surface area contributed by atoms with E-state index in [-0.39, 0.29) is 11.9 Å². The van der Waals surface area contributed by atoms with Gasteiger partial charge in [-0.2, -0.15) is 0 Å². The summed E-state index contributed by atoms with van der Waals surface area (Å²) in [6.07, 6.45) is 4.57. The van der Waals surface area contributed by atoms with E-state index in [1.807, 2.05) is 18.2 Å². The number of nitrogens with zero attached hydrogens (tertiary/aromatic N) is 2. The van der Waals surface area contributed by atoms with Gasteiger partial charge in [0.05, 0.1) is 0 Å². The minimum Gasteiger partial charge on any atom is -0.409 e. The predicted molar refractivity (Wildman–Crippen MR) is 77.2 cm³/mol. The zero-order valence-electron chi connectivity index (χ0n) is 11.5. The van der Waals surface area contributed by atoms with Gasteiger partial charge in [-0.15, -0.1) is 0 Å². The van der Waals surface area contributed by atoms with E-state index >= 15 is 0 Å². The van der Waals surface area contributed by atoms with Crippen LogP contribution in [0, 0.1) is 5.92 Å². The van der Waals surface area contributed by atoms with Crippen LogP contribution in [0.5, 0.6) is 0 Å². The number of hydrogen-bond donors (Lipinski definition) is 2. The third-order valence-corrected chi connectivity index (χ3v) is 4.02. The summed E-state index contributed by atoms with van der Waals surface area (Å²) < 4.78 is 0. The maximum Gasteiger partial charge on any atom is 0.141 e. The van der Waals surface area contributed by atoms with Crippen molar-refractivity contribution >= 4 is 5.84 Å². The second kappa shape index (κ2) is 6.57. The summed E-state index contributed by atoms with van der Waals surface area (Å²) in [4.78, 5) is 2.33. The summed E-state index contributed by atoms with van der Waals surface area (Å²) >= 11 is 0. The van der Waals surface area contributed by atoms with Crippen LogP contribution >= 0.6 is 0 Å². The van der Waals surface area contributed by atoms with Gasteiger partial charge in [0.1, 0.15) is 5.84 Å². The van der Waals surface area contributed by atoms with Gasteiger partial charge < -0.3 is 10.9 Å². The summed E-state index contributed by atoms with van der Waals surface area (Å²) in [5, 5.41) is 11.9. The molecule has 0 bridgehead atoms. The minimum atomic E-state index is 0.178. The van der Waals surface area contributed by atoms with Crippen molar-refractivity contribution < 1.29 is 5.21 Å². The van der Waals surface area contributed by atoms with Crippen LogP contribution in [0.2, 0.25) is 0 Å². The Morgan fingerprint density at radius 3 is 2.63 bits per heavy atom. The second-order valence-corrected chi connectivity index (χ2v) is 5.46. The Morgan fingerprint density at radius 1 is 1.42 bits per heavy atom. The Balaban J connectivity index is 2.08. The van der Waals surface area contributed by atoms with Crippen molar-refractivity contribution in [2.75, 3.05) is 13.6 Å². The molecule has 0 amide bonds. The van der Waals surface area contributed by atoms with E-state index in [1.54, 1.807) is 0 Å². The third-order valence-electron chi connectivity index (χ3n) is 4.02. The Labute approximate surface area is 114 Å². The van der Waals surface area contributed by atoms with Gasteiger partial charge in [0.25, 0.3) is 0 Å². The second-order valence-electron chi connectivity index (χ2n) is 5.46. The molecule has 1 atom stereocenters. The van der Waals surface area contributed by atoms with Gasteiger partial charge in [0.15, 0.2) is 0 Å². The number of oxime groups is 1. The summed E-state index contributed by atoms with van der Waals surface area (Å²) in [6.45, 7) is 1.08. The Kier molecular flexibility index (Phi) is 4.80. The number of rotatable bonds is 6. The first-order valence-corrected chi connectivity index (χ1v) is 6.92. The van der Waals surface area contributed by atoms with Crippen molar-refractivity contribution in [3.8, 4) is 0 Å². The molecular formula is C15H23N3O. The Bertz CT molecular complexity index is 415. The number of amidine groups is 1. The standard InChI is InChI=1S/C15H23N3O/c1-18(11-12-6-5-7-12)14(10-15(16)17-19)13-8-3-2-4-9-13/h2-4,8-9,12,14,19H,5-7,10-11H2,1H3,(H2,16,17). The largest absolute Gasteiger partial charge is 0.409 e. The molecule has 1 aromatic carbocycles. The molecule has 4 nitrogen and oxygen atoms in total. The molecule has 104 valence electrons. The van der Waals surface area contributed by atoms with Crippen LogP contribution in [0.25, 0.3) is 0 Å². The van der Waals surface area contributed by atoms with E-state index in [9.17, 15) is 0 Å². The van der Waals surface area contributed by atoms with Crippen molar-refractivity contribution in [1.82, 2.24) is 4.90 Å². The first-order chi connectivity index (χ1) is 9.20. The van der Waals surface area contributed by atoms with Crippen LogP contribution in [0.15, 0.2) is 35.5 Å². The van der Waals surface area contributed by atoms with Gasteiger partial charge in [-0.1, -0.05) is 41.9 Å². The van der Waals surface area contributed by atoms with Crippen LogP contribution < -0.4 is 5.73 Å². The molecule has 0 radical (unpaired) electrons. The minimum absolute atomic E-state index is 0.178. The van der Waals surface area contributed by atoms with E-state index in [1.165, 1.54) is 24.8 Å². The normalized spacial score (nSPS) is 18.3. The van der Waals surface area contributed by atoms with Crippen molar-refractivity contribution in [2.45, 2.75) is 31.7 Å². The molecule has 19 heavy (non-hydrogen) atoms. The van der Waals surface area contributed by atoms with Crippen LogP contribution in [0.3, 0.4) is 0 Å². The summed E-state index contributed by atoms with van der Waals surface area (Å²) in [6, 6.07) is 10.5. The van der Waals surface area contributed by atoms with Crippen LogP contribution in [0.1, 0.15) is 37.3 Å². The van der Waals surface area contributed by atoms with Gasteiger partial charge in [0, 0.05) is 19.0 Å². The maximum absolute atomic E-state index is 8.80. The molecule has 1 saturated carbocycles. The number of benzene rings is 1. The molecule has 3 N–H and O–H groups in total. The molecule has 2 rings (SSSR count). The third kappa shape index (κ3) is 3.70. The summed E-state index contributed by atoms with van der Waals surface area (Å²) in [5.41, 5.74) is 6.92. The summed E-state index contributed by atoms with van der Waals surface area (Å²) in [7, 11) is 2.13. The highest BCUT2D eigenvalue weighted by atomic mass is 16.4. The van der Waals surface area contributed by atoms with E-state index in [2.05, 4.69) is 29.2 Å². The highest BCUT2D eigenvalue weighted by Gasteiger charge is 2.24. The topological polar surface area (TPSA) is 61.8 Å². The van der Waals surface area contributed by atoms with E-state index in [0.29, 0.717) is 6.42 Å². The smallest absolute Gasteiger partial charge is 0.141 e. The fourth-order valence-corrected chi connectivity index (χ4v) is 2.65. The molecule has 0 aliphatic heterocycles. The van der Waals surface area contributed by atoms with Crippen molar-refractivity contribution in [1.29, 1.82) is 0 Å². The van der Waals surface area contributed by atoms with Gasteiger partial charge >= 0.3 is 0 Å². The van der Waals surface area contributed by atoms with Gasteiger partial charge in [-0.25, -0.2) is 0 Å². The molecule has 0 aromatic heterocycles. The zero-order chi connectivity index (χ0) is 13.7. The fraction of sp³-hybridized carbons (Fsp3) is 0.533. The average Bonchev–Trinajstić information content (AvgIpc) is 2.40. The van der Waals surface area contributed by atoms with Gasteiger partial charge in [0.2, 0.25) is 0 Å². The lowest BCUT2D eigenvalue weighted by Crippen LogP contribution is -2.34. The highest BCUT2D eigenvalue weighted by Crippen LogP contribution is 2.30. The van der Waals surface area contributed by atoms with E-state index < -0.39 is 0 Å². The van der Waals surface area contributed by atoms with E-state index in [4.69, 9.17) is 10.9 Å².